The van der Waals surface area contributed by atoms with Crippen LogP contribution in [0.4, 0.5) is 0 Å². The normalized spacial score (nSPS) is 14.0. The largest absolute Gasteiger partial charge is 0.316 e. The highest BCUT2D eigenvalue weighted by Crippen LogP contribution is 2.30. The van der Waals surface area contributed by atoms with Gasteiger partial charge < -0.3 is 11.5 Å². The molecule has 0 spiro atoms. The SMILES string of the molecule is CC(C)(C)CCC(C)(C)C(N)N. The van der Waals surface area contributed by atoms with Crippen molar-refractivity contribution in [2.75, 3.05) is 0 Å². The molecular formula is C10H24N2. The molecule has 0 rings (SSSR count). The average molecular weight is 172 g/mol. The molecule has 0 aromatic carbocycles. The highest BCUT2D eigenvalue weighted by molar-refractivity contribution is 4.78. The highest BCUT2D eigenvalue weighted by atomic mass is 14.9. The van der Waals surface area contributed by atoms with Crippen molar-refractivity contribution in [1.82, 2.24) is 0 Å². The average Bonchev–Trinajstić information content (AvgIpc) is 1.82. The zero-order chi connectivity index (χ0) is 9.99. The topological polar surface area (TPSA) is 52.0 Å². The Labute approximate surface area is 76.7 Å². The molecule has 74 valence electrons. The van der Waals surface area contributed by atoms with Gasteiger partial charge in [-0.15, -0.1) is 0 Å². The lowest BCUT2D eigenvalue weighted by Gasteiger charge is -2.31. The molecule has 0 radical (unpaired) electrons. The van der Waals surface area contributed by atoms with Crippen LogP contribution < -0.4 is 11.5 Å². The van der Waals surface area contributed by atoms with Crippen molar-refractivity contribution in [3.05, 3.63) is 0 Å². The van der Waals surface area contributed by atoms with Gasteiger partial charge in [-0.05, 0) is 23.7 Å². The summed E-state index contributed by atoms with van der Waals surface area (Å²) in [6.07, 6.45) is 2.05. The molecule has 0 fully saturated rings. The minimum Gasteiger partial charge on any atom is -0.316 e. The molecule has 4 N–H and O–H groups in total. The predicted octanol–water partition coefficient (Wildman–Crippen LogP) is 2.08. The van der Waals surface area contributed by atoms with Crippen molar-refractivity contribution >= 4 is 0 Å². The molecule has 0 aromatic rings. The summed E-state index contributed by atoms with van der Waals surface area (Å²) in [5, 5.41) is 0. The molecule has 0 saturated heterocycles. The Morgan fingerprint density at radius 3 is 1.58 bits per heavy atom. The van der Waals surface area contributed by atoms with E-state index < -0.39 is 0 Å². The summed E-state index contributed by atoms with van der Waals surface area (Å²) in [5.41, 5.74) is 11.8. The molecule has 0 aliphatic heterocycles. The molecular weight excluding hydrogens is 148 g/mol. The molecule has 0 aliphatic rings. The third kappa shape index (κ3) is 4.73. The van der Waals surface area contributed by atoms with Crippen LogP contribution in [0.1, 0.15) is 47.5 Å². The zero-order valence-corrected chi connectivity index (χ0v) is 9.15. The third-order valence-electron chi connectivity index (χ3n) is 2.42. The molecule has 2 heteroatoms. The Morgan fingerprint density at radius 1 is 0.917 bits per heavy atom. The van der Waals surface area contributed by atoms with Gasteiger partial charge in [-0.25, -0.2) is 0 Å². The maximum Gasteiger partial charge on any atom is 0.0573 e. The van der Waals surface area contributed by atoms with Crippen molar-refractivity contribution in [3.63, 3.8) is 0 Å². The fourth-order valence-electron chi connectivity index (χ4n) is 0.864. The standard InChI is InChI=1S/C10H24N2/c1-9(2,3)6-7-10(4,5)8(11)12/h8H,6-7,11-12H2,1-5H3. The van der Waals surface area contributed by atoms with E-state index in [1.165, 1.54) is 6.42 Å². The van der Waals surface area contributed by atoms with Crippen molar-refractivity contribution in [1.29, 1.82) is 0 Å². The second-order valence-corrected chi connectivity index (χ2v) is 5.58. The zero-order valence-electron chi connectivity index (χ0n) is 9.15. The third-order valence-corrected chi connectivity index (χ3v) is 2.42. The van der Waals surface area contributed by atoms with Crippen LogP contribution in [0.15, 0.2) is 0 Å². The van der Waals surface area contributed by atoms with E-state index >= 15 is 0 Å². The molecule has 12 heavy (non-hydrogen) atoms. The maximum absolute atomic E-state index is 5.68. The van der Waals surface area contributed by atoms with Crippen LogP contribution in [0.2, 0.25) is 0 Å². The number of hydrogen-bond acceptors (Lipinski definition) is 2. The molecule has 2 nitrogen and oxygen atoms in total. The van der Waals surface area contributed by atoms with Crippen molar-refractivity contribution in [3.8, 4) is 0 Å². The molecule has 0 aromatic heterocycles. The van der Waals surface area contributed by atoms with Gasteiger partial charge in [-0.2, -0.15) is 0 Å². The first kappa shape index (κ1) is 11.9. The van der Waals surface area contributed by atoms with E-state index in [0.29, 0.717) is 5.41 Å². The van der Waals surface area contributed by atoms with Crippen molar-refractivity contribution in [2.45, 2.75) is 53.6 Å². The van der Waals surface area contributed by atoms with E-state index in [4.69, 9.17) is 11.5 Å². The predicted molar refractivity (Wildman–Crippen MR) is 54.6 cm³/mol. The van der Waals surface area contributed by atoms with Crippen LogP contribution in [0, 0.1) is 10.8 Å². The van der Waals surface area contributed by atoms with E-state index in [-0.39, 0.29) is 11.6 Å². The Hall–Kier alpha value is -0.0800. The summed E-state index contributed by atoms with van der Waals surface area (Å²) in [4.78, 5) is 0. The molecule has 0 saturated carbocycles. The summed E-state index contributed by atoms with van der Waals surface area (Å²) in [6, 6.07) is 0. The van der Waals surface area contributed by atoms with Crippen LogP contribution in [0.25, 0.3) is 0 Å². The monoisotopic (exact) mass is 172 g/mol. The van der Waals surface area contributed by atoms with Crippen molar-refractivity contribution in [2.24, 2.45) is 22.3 Å². The molecule has 0 heterocycles. The van der Waals surface area contributed by atoms with Gasteiger partial charge in [0.2, 0.25) is 0 Å². The fraction of sp³-hybridized carbons (Fsp3) is 1.00. The van der Waals surface area contributed by atoms with Crippen molar-refractivity contribution < 1.29 is 0 Å². The Kier molecular flexibility index (Phi) is 3.73. The number of nitrogens with two attached hydrogens (primary N) is 2. The van der Waals surface area contributed by atoms with Gasteiger partial charge in [0.05, 0.1) is 6.17 Å². The second kappa shape index (κ2) is 3.75. The van der Waals surface area contributed by atoms with E-state index in [9.17, 15) is 0 Å². The lowest BCUT2D eigenvalue weighted by Crippen LogP contribution is -2.45. The highest BCUT2D eigenvalue weighted by Gasteiger charge is 2.25. The first-order chi connectivity index (χ1) is 5.15. The summed E-state index contributed by atoms with van der Waals surface area (Å²) >= 11 is 0. The van der Waals surface area contributed by atoms with E-state index in [1.54, 1.807) is 0 Å². The Bertz CT molecular complexity index is 131. The smallest absolute Gasteiger partial charge is 0.0573 e. The first-order valence-corrected chi connectivity index (χ1v) is 4.66. The summed E-state index contributed by atoms with van der Waals surface area (Å²) in [7, 11) is 0. The summed E-state index contributed by atoms with van der Waals surface area (Å²) < 4.78 is 0. The summed E-state index contributed by atoms with van der Waals surface area (Å²) in [5.74, 6) is 0. The van der Waals surface area contributed by atoms with Gasteiger partial charge in [-0.1, -0.05) is 34.6 Å². The maximum atomic E-state index is 5.68. The van der Waals surface area contributed by atoms with E-state index in [1.807, 2.05) is 0 Å². The quantitative estimate of drug-likeness (QED) is 0.640. The van der Waals surface area contributed by atoms with E-state index in [0.717, 1.165) is 6.42 Å². The summed E-state index contributed by atoms with van der Waals surface area (Å²) in [6.45, 7) is 11.0. The number of rotatable bonds is 3. The molecule has 0 aliphatic carbocycles. The molecule has 0 unspecified atom stereocenters. The first-order valence-electron chi connectivity index (χ1n) is 4.66. The Morgan fingerprint density at radius 2 is 1.33 bits per heavy atom. The van der Waals surface area contributed by atoms with Gasteiger partial charge in [-0.3, -0.25) is 0 Å². The van der Waals surface area contributed by atoms with Crippen LogP contribution in [-0.4, -0.2) is 6.17 Å². The number of hydrogen-bond donors (Lipinski definition) is 2. The molecule has 0 bridgehead atoms. The van der Waals surface area contributed by atoms with Crippen LogP contribution >= 0.6 is 0 Å². The van der Waals surface area contributed by atoms with E-state index in [2.05, 4.69) is 34.6 Å². The molecule has 0 amide bonds. The van der Waals surface area contributed by atoms with Gasteiger partial charge in [0.25, 0.3) is 0 Å². The minimum atomic E-state index is -0.208. The lowest BCUT2D eigenvalue weighted by molar-refractivity contribution is 0.217. The van der Waals surface area contributed by atoms with Crippen LogP contribution in [0.5, 0.6) is 0 Å². The minimum absolute atomic E-state index is 0.0628. The lowest BCUT2D eigenvalue weighted by atomic mass is 9.78. The Balaban J connectivity index is 3.93. The fourth-order valence-corrected chi connectivity index (χ4v) is 0.864. The van der Waals surface area contributed by atoms with Gasteiger partial charge in [0.15, 0.2) is 0 Å². The van der Waals surface area contributed by atoms with Gasteiger partial charge >= 0.3 is 0 Å². The molecule has 0 atom stereocenters. The van der Waals surface area contributed by atoms with Gasteiger partial charge in [0, 0.05) is 0 Å². The van der Waals surface area contributed by atoms with Crippen LogP contribution in [0.3, 0.4) is 0 Å². The van der Waals surface area contributed by atoms with Crippen LogP contribution in [-0.2, 0) is 0 Å². The second-order valence-electron chi connectivity index (χ2n) is 5.58. The van der Waals surface area contributed by atoms with Gasteiger partial charge in [0.1, 0.15) is 0 Å².